The van der Waals surface area contributed by atoms with E-state index in [9.17, 15) is 59.4 Å². The highest BCUT2D eigenvalue weighted by Crippen LogP contribution is 2.36. The molecule has 13 nitrogen and oxygen atoms in total. The average Bonchev–Trinajstić information content (AvgIpc) is 3.28. The second-order valence-corrected chi connectivity index (χ2v) is 11.2. The highest BCUT2D eigenvalue weighted by atomic mass is 16.6. The molecule has 0 spiro atoms. The Kier molecular flexibility index (Phi) is 13.7. The van der Waals surface area contributed by atoms with Crippen molar-refractivity contribution in [3.8, 4) is 0 Å². The van der Waals surface area contributed by atoms with Crippen LogP contribution in [0, 0.1) is 11.8 Å². The number of ether oxygens (including phenoxy) is 1. The molecule has 2 aliphatic carbocycles. The van der Waals surface area contributed by atoms with Crippen LogP contribution in [0.1, 0.15) is 79.1 Å². The van der Waals surface area contributed by atoms with Crippen molar-refractivity contribution in [3.05, 3.63) is 45.6 Å². The summed E-state index contributed by atoms with van der Waals surface area (Å²) in [6.45, 7) is 6.86. The van der Waals surface area contributed by atoms with E-state index in [1.165, 1.54) is 6.08 Å². The Balaban J connectivity index is 0.000000314. The number of ketones is 2. The summed E-state index contributed by atoms with van der Waals surface area (Å²) in [4.78, 5) is 71.4. The zero-order valence-corrected chi connectivity index (χ0v) is 25.8. The van der Waals surface area contributed by atoms with Crippen LogP contribution in [0.25, 0.3) is 0 Å². The summed E-state index contributed by atoms with van der Waals surface area (Å²) in [6, 6.07) is 0. The number of Topliss-reactive ketones (excluding diaryl/α,β-unsaturated/α-hetero) is 2. The van der Waals surface area contributed by atoms with Gasteiger partial charge in [-0.1, -0.05) is 38.8 Å². The monoisotopic (exact) mass is 634 g/mol. The molecule has 0 aromatic carbocycles. The molecule has 6 N–H and O–H groups in total. The minimum atomic E-state index is -1.65. The molecule has 0 radical (unpaired) electrons. The number of allylic oxidation sites excluding steroid dienone is 2. The van der Waals surface area contributed by atoms with Crippen LogP contribution in [-0.2, 0) is 33.5 Å². The van der Waals surface area contributed by atoms with Gasteiger partial charge in [0.25, 0.3) is 0 Å². The molecule has 0 saturated heterocycles. The second kappa shape index (κ2) is 16.5. The summed E-state index contributed by atoms with van der Waals surface area (Å²) in [5.74, 6) is -7.57. The second-order valence-electron chi connectivity index (χ2n) is 11.2. The van der Waals surface area contributed by atoms with Crippen molar-refractivity contribution in [1.29, 1.82) is 0 Å². The standard InChI is InChI=1S/C16H22O7.C16H20O6/c1-3-5-9-13(16(22)23)10(15(20)21)6-8(4-2)11(17)7-12(18)14(9)19;1-3-5-9-13-10(15(20)22-16(13)21)6-8(4-2)11(17)7-12(18)14(9)19/h4,9,11,14,17,19H,3,5-7H2,1-2H3,(H,20,21)(H,22,23);4,9,11,14,17,19H,3,5-7H2,1-2H3/b8-4-,13-10-;8-4-/t2*9-,11-,14-/m00/s1. The molecular formula is C32H42O13. The van der Waals surface area contributed by atoms with E-state index in [4.69, 9.17) is 0 Å². The van der Waals surface area contributed by atoms with E-state index in [1.807, 2.05) is 6.92 Å². The fourth-order valence-electron chi connectivity index (χ4n) is 5.88. The third kappa shape index (κ3) is 8.69. The Hall–Kier alpha value is -3.78. The van der Waals surface area contributed by atoms with Gasteiger partial charge in [0.15, 0.2) is 11.6 Å². The van der Waals surface area contributed by atoms with Gasteiger partial charge in [0.1, 0.15) is 12.2 Å². The average molecular weight is 635 g/mol. The van der Waals surface area contributed by atoms with Crippen molar-refractivity contribution in [3.63, 3.8) is 0 Å². The summed E-state index contributed by atoms with van der Waals surface area (Å²) >= 11 is 0. The number of hydrogen-bond acceptors (Lipinski definition) is 11. The van der Waals surface area contributed by atoms with Crippen molar-refractivity contribution in [2.75, 3.05) is 0 Å². The molecule has 0 unspecified atom stereocenters. The lowest BCUT2D eigenvalue weighted by Crippen LogP contribution is -2.35. The van der Waals surface area contributed by atoms with Gasteiger partial charge in [0, 0.05) is 37.5 Å². The third-order valence-electron chi connectivity index (χ3n) is 8.30. The van der Waals surface area contributed by atoms with E-state index in [2.05, 4.69) is 4.74 Å². The molecule has 3 rings (SSSR count). The molecule has 13 heteroatoms. The molecule has 0 saturated carbocycles. The van der Waals surface area contributed by atoms with Crippen molar-refractivity contribution in [1.82, 2.24) is 0 Å². The summed E-state index contributed by atoms with van der Waals surface area (Å²) in [6.07, 6.45) is -1.50. The maximum atomic E-state index is 12.2. The number of aliphatic hydroxyl groups excluding tert-OH is 4. The number of rotatable bonds is 6. The van der Waals surface area contributed by atoms with Crippen molar-refractivity contribution in [2.24, 2.45) is 11.8 Å². The van der Waals surface area contributed by atoms with Gasteiger partial charge in [-0.25, -0.2) is 19.2 Å². The topological polar surface area (TPSA) is 233 Å². The number of carbonyl (C=O) groups excluding carboxylic acids is 4. The van der Waals surface area contributed by atoms with Crippen LogP contribution in [0.3, 0.4) is 0 Å². The number of carbonyl (C=O) groups is 6. The van der Waals surface area contributed by atoms with Gasteiger partial charge >= 0.3 is 23.9 Å². The SMILES string of the molecule is C/C=C1/C/C(C(=O)O)=C(/C(=O)O)[C@H](CCC)[C@H](O)C(=O)C[C@@H]1O.C/C=C1/CC2=C(C(=O)OC2=O)[C@H](CCC)[C@H](O)C(=O)C[C@@H]1O. The predicted octanol–water partition coefficient (Wildman–Crippen LogP) is 1.71. The molecule has 1 aliphatic heterocycles. The van der Waals surface area contributed by atoms with Crippen LogP contribution in [0.4, 0.5) is 0 Å². The van der Waals surface area contributed by atoms with Gasteiger partial charge in [-0.3, -0.25) is 9.59 Å². The zero-order chi connectivity index (χ0) is 34.2. The number of carboxylic acid groups (broad SMARTS) is 2. The maximum Gasteiger partial charge on any atom is 0.342 e. The lowest BCUT2D eigenvalue weighted by molar-refractivity contribution is -0.151. The molecule has 0 fully saturated rings. The first-order valence-corrected chi connectivity index (χ1v) is 14.9. The number of aliphatic carboxylic acids is 2. The van der Waals surface area contributed by atoms with Crippen LogP contribution in [0.5, 0.6) is 0 Å². The Morgan fingerprint density at radius 2 is 1.20 bits per heavy atom. The summed E-state index contributed by atoms with van der Waals surface area (Å²) in [7, 11) is 0. The van der Waals surface area contributed by atoms with Crippen LogP contribution >= 0.6 is 0 Å². The van der Waals surface area contributed by atoms with Crippen molar-refractivity contribution in [2.45, 2.75) is 103 Å². The molecule has 0 bridgehead atoms. The van der Waals surface area contributed by atoms with Crippen LogP contribution in [0.2, 0.25) is 0 Å². The minimum absolute atomic E-state index is 0.0534. The molecule has 248 valence electrons. The van der Waals surface area contributed by atoms with E-state index < -0.39 is 82.8 Å². The summed E-state index contributed by atoms with van der Waals surface area (Å²) in [5.41, 5.74) is 0.0756. The van der Waals surface area contributed by atoms with Gasteiger partial charge in [-0.05, 0) is 37.8 Å². The number of cyclic esters (lactones) is 2. The summed E-state index contributed by atoms with van der Waals surface area (Å²) in [5, 5.41) is 59.6. The normalized spacial score (nSPS) is 31.6. The van der Waals surface area contributed by atoms with Gasteiger partial charge < -0.3 is 35.4 Å². The molecule has 6 atom stereocenters. The molecule has 45 heavy (non-hydrogen) atoms. The summed E-state index contributed by atoms with van der Waals surface area (Å²) < 4.78 is 4.67. The van der Waals surface area contributed by atoms with E-state index >= 15 is 0 Å². The lowest BCUT2D eigenvalue weighted by Gasteiger charge is -2.23. The third-order valence-corrected chi connectivity index (χ3v) is 8.30. The Bertz CT molecular complexity index is 1330. The van der Waals surface area contributed by atoms with Crippen molar-refractivity contribution < 1.29 is 64.1 Å². The number of esters is 2. The first-order chi connectivity index (χ1) is 21.1. The molecule has 0 amide bonds. The first kappa shape index (κ1) is 37.4. The Labute approximate surface area is 260 Å². The van der Waals surface area contributed by atoms with E-state index in [0.29, 0.717) is 24.8 Å². The molecular weight excluding hydrogens is 592 g/mol. The highest BCUT2D eigenvalue weighted by molar-refractivity contribution is 6.13. The van der Waals surface area contributed by atoms with Gasteiger partial charge in [-0.2, -0.15) is 0 Å². The van der Waals surface area contributed by atoms with Gasteiger partial charge in [0.05, 0.1) is 34.5 Å². The molecule has 3 aliphatic rings. The fourth-order valence-corrected chi connectivity index (χ4v) is 5.88. The number of hydrogen-bond donors (Lipinski definition) is 6. The molecule has 1 heterocycles. The highest BCUT2D eigenvalue weighted by Gasteiger charge is 2.44. The fraction of sp³-hybridized carbons (Fsp3) is 0.562. The van der Waals surface area contributed by atoms with Crippen LogP contribution < -0.4 is 0 Å². The quantitative estimate of drug-likeness (QED) is 0.139. The van der Waals surface area contributed by atoms with Gasteiger partial charge in [0.2, 0.25) is 0 Å². The van der Waals surface area contributed by atoms with Crippen LogP contribution in [-0.4, -0.2) is 90.5 Å². The smallest absolute Gasteiger partial charge is 0.342 e. The number of carboxylic acids is 2. The molecule has 0 aromatic rings. The largest absolute Gasteiger partial charge is 0.478 e. The van der Waals surface area contributed by atoms with Crippen LogP contribution in [0.15, 0.2) is 45.6 Å². The number of aliphatic hydroxyl groups is 4. The first-order valence-electron chi connectivity index (χ1n) is 14.9. The zero-order valence-electron chi connectivity index (χ0n) is 25.8. The Morgan fingerprint density at radius 3 is 1.64 bits per heavy atom. The Morgan fingerprint density at radius 1 is 0.733 bits per heavy atom. The van der Waals surface area contributed by atoms with E-state index in [-0.39, 0.29) is 48.8 Å². The molecule has 0 aromatic heterocycles. The van der Waals surface area contributed by atoms with E-state index in [1.54, 1.807) is 26.8 Å². The lowest BCUT2D eigenvalue weighted by atomic mass is 9.83. The maximum absolute atomic E-state index is 12.2. The predicted molar refractivity (Wildman–Crippen MR) is 157 cm³/mol. The van der Waals surface area contributed by atoms with E-state index in [0.717, 1.165) is 0 Å². The minimum Gasteiger partial charge on any atom is -0.478 e. The van der Waals surface area contributed by atoms with Crippen molar-refractivity contribution >= 4 is 35.4 Å². The van der Waals surface area contributed by atoms with Gasteiger partial charge in [-0.15, -0.1) is 0 Å².